The average Bonchev–Trinajstić information content (AvgIpc) is 2.83. The van der Waals surface area contributed by atoms with Crippen LogP contribution in [0, 0.1) is 11.6 Å². The van der Waals surface area contributed by atoms with Gasteiger partial charge in [-0.05, 0) is 59.7 Å². The molecule has 9 heteroatoms. The van der Waals surface area contributed by atoms with Crippen LogP contribution in [-0.2, 0) is 9.59 Å². The Labute approximate surface area is 198 Å². The Bertz CT molecular complexity index is 1160. The summed E-state index contributed by atoms with van der Waals surface area (Å²) < 4.78 is 31.8. The van der Waals surface area contributed by atoms with E-state index in [1.165, 1.54) is 60.3 Å². The van der Waals surface area contributed by atoms with Gasteiger partial charge in [-0.3, -0.25) is 4.79 Å². The third-order valence-corrected chi connectivity index (χ3v) is 6.75. The van der Waals surface area contributed by atoms with Crippen LogP contribution in [0.3, 0.4) is 0 Å². The Balaban J connectivity index is 1.53. The molecule has 0 saturated carbocycles. The van der Waals surface area contributed by atoms with Crippen LogP contribution in [0.15, 0.2) is 72.8 Å². The van der Waals surface area contributed by atoms with Crippen LogP contribution in [0.25, 0.3) is 0 Å². The van der Waals surface area contributed by atoms with Crippen molar-refractivity contribution in [3.8, 4) is 5.75 Å². The molecule has 176 valence electrons. The number of anilines is 1. The van der Waals surface area contributed by atoms with Crippen LogP contribution < -0.4 is 9.64 Å². The Kier molecular flexibility index (Phi) is 7.14. The second-order valence-corrected chi connectivity index (χ2v) is 8.88. The lowest BCUT2D eigenvalue weighted by Gasteiger charge is -2.47. The van der Waals surface area contributed by atoms with Crippen molar-refractivity contribution in [2.24, 2.45) is 0 Å². The van der Waals surface area contributed by atoms with Crippen LogP contribution in [0.1, 0.15) is 23.3 Å². The summed E-state index contributed by atoms with van der Waals surface area (Å²) in [4.78, 5) is 25.3. The predicted octanol–water partition coefficient (Wildman–Crippen LogP) is 4.35. The lowest BCUT2D eigenvalue weighted by atomic mass is 9.92. The van der Waals surface area contributed by atoms with Gasteiger partial charge < -0.3 is 19.8 Å². The van der Waals surface area contributed by atoms with Crippen LogP contribution in [-0.4, -0.2) is 39.7 Å². The molecule has 0 aliphatic carbocycles. The third-order valence-electron chi connectivity index (χ3n) is 5.42. The zero-order chi connectivity index (χ0) is 24.2. The number of nitrogens with zero attached hydrogens (tertiary/aromatic N) is 1. The minimum atomic E-state index is -1.09. The fourth-order valence-electron chi connectivity index (χ4n) is 3.72. The van der Waals surface area contributed by atoms with Crippen LogP contribution >= 0.6 is 11.8 Å². The number of β-lactam (4-membered cyclic amide) rings is 1. The fraction of sp³-hybridized carbons (Fsp3) is 0.200. The molecule has 1 aliphatic heterocycles. The zero-order valence-corrected chi connectivity index (χ0v) is 18.6. The molecule has 1 saturated heterocycles. The maximum atomic E-state index is 13.4. The second kappa shape index (κ2) is 10.2. The first-order valence-corrected chi connectivity index (χ1v) is 11.5. The van der Waals surface area contributed by atoms with Crippen molar-refractivity contribution in [3.63, 3.8) is 0 Å². The van der Waals surface area contributed by atoms with Gasteiger partial charge in [-0.25, -0.2) is 13.6 Å². The summed E-state index contributed by atoms with van der Waals surface area (Å²) in [6.45, 7) is -0.470. The maximum Gasteiger partial charge on any atom is 0.341 e. The standard InChI is InChI=1S/C25H21F2NO5S/c26-17-5-1-15(2-6-17)21(29)14-34-24-23(16-3-11-20(12-4-16)33-13-22(30)31)28(25(24)32)19-9-7-18(27)8-10-19/h1-12,21,23-24,29H,13-14H2,(H,30,31)/t21-,23+,24+/m0/s1. The number of benzene rings is 3. The highest BCUT2D eigenvalue weighted by Gasteiger charge is 2.49. The number of amides is 1. The summed E-state index contributed by atoms with van der Waals surface area (Å²) in [5.74, 6) is -1.49. The highest BCUT2D eigenvalue weighted by molar-refractivity contribution is 8.00. The fourth-order valence-corrected chi connectivity index (χ4v) is 5.02. The molecule has 2 N–H and O–H groups in total. The molecule has 0 aromatic heterocycles. The number of aliphatic hydroxyl groups is 1. The molecule has 34 heavy (non-hydrogen) atoms. The molecule has 1 heterocycles. The molecule has 1 fully saturated rings. The lowest BCUT2D eigenvalue weighted by molar-refractivity contribution is -0.139. The van der Waals surface area contributed by atoms with Crippen molar-refractivity contribution in [3.05, 3.63) is 95.6 Å². The molecule has 3 aromatic rings. The van der Waals surface area contributed by atoms with Crippen LogP contribution in [0.5, 0.6) is 5.75 Å². The van der Waals surface area contributed by atoms with Gasteiger partial charge in [0.1, 0.15) is 22.6 Å². The molecule has 4 rings (SSSR count). The first kappa shape index (κ1) is 23.7. The average molecular weight is 486 g/mol. The second-order valence-electron chi connectivity index (χ2n) is 7.70. The number of hydrogen-bond donors (Lipinski definition) is 2. The van der Waals surface area contributed by atoms with Crippen molar-refractivity contribution in [1.82, 2.24) is 0 Å². The number of carboxylic acid groups (broad SMARTS) is 1. The summed E-state index contributed by atoms with van der Waals surface area (Å²) in [6, 6.07) is 17.5. The van der Waals surface area contributed by atoms with E-state index in [4.69, 9.17) is 9.84 Å². The molecule has 1 aliphatic rings. The molecule has 0 unspecified atom stereocenters. The molecule has 0 spiro atoms. The smallest absolute Gasteiger partial charge is 0.341 e. The normalized spacial score (nSPS) is 18.3. The van der Waals surface area contributed by atoms with Gasteiger partial charge >= 0.3 is 5.97 Å². The molecular formula is C25H21F2NO5S. The van der Waals surface area contributed by atoms with Crippen molar-refractivity contribution in [2.45, 2.75) is 17.4 Å². The number of ether oxygens (including phenoxy) is 1. The number of carbonyl (C=O) groups is 2. The minimum absolute atomic E-state index is 0.181. The molecule has 0 bridgehead atoms. The SMILES string of the molecule is O=C(O)COc1ccc([C@@H]2[C@@H](SC[C@H](O)c3ccc(F)cc3)C(=O)N2c2ccc(F)cc2)cc1. The molecule has 3 aromatic carbocycles. The summed E-state index contributed by atoms with van der Waals surface area (Å²) in [6.07, 6.45) is -0.884. The van der Waals surface area contributed by atoms with E-state index < -0.39 is 41.6 Å². The van der Waals surface area contributed by atoms with Gasteiger partial charge in [-0.2, -0.15) is 0 Å². The van der Waals surface area contributed by atoms with E-state index in [1.54, 1.807) is 29.2 Å². The summed E-state index contributed by atoms with van der Waals surface area (Å²) >= 11 is 1.28. The Morgan fingerprint density at radius 1 is 0.971 bits per heavy atom. The maximum absolute atomic E-state index is 13.4. The number of aliphatic carboxylic acids is 1. The summed E-state index contributed by atoms with van der Waals surface area (Å²) in [5, 5.41) is 18.8. The largest absolute Gasteiger partial charge is 0.482 e. The molecular weight excluding hydrogens is 464 g/mol. The lowest BCUT2D eigenvalue weighted by Crippen LogP contribution is -2.57. The van der Waals surface area contributed by atoms with Crippen molar-refractivity contribution in [2.75, 3.05) is 17.3 Å². The molecule has 1 amide bonds. The number of aliphatic hydroxyl groups excluding tert-OH is 1. The predicted molar refractivity (Wildman–Crippen MR) is 124 cm³/mol. The van der Waals surface area contributed by atoms with Gasteiger partial charge in [0.25, 0.3) is 0 Å². The highest BCUT2D eigenvalue weighted by atomic mass is 32.2. The molecule has 0 radical (unpaired) electrons. The minimum Gasteiger partial charge on any atom is -0.482 e. The zero-order valence-electron chi connectivity index (χ0n) is 17.8. The first-order valence-electron chi connectivity index (χ1n) is 10.4. The van der Waals surface area contributed by atoms with Crippen LogP contribution in [0.2, 0.25) is 0 Å². The number of rotatable bonds is 9. The monoisotopic (exact) mass is 485 g/mol. The Morgan fingerprint density at radius 2 is 1.56 bits per heavy atom. The van der Waals surface area contributed by atoms with E-state index in [1.807, 2.05) is 0 Å². The first-order chi connectivity index (χ1) is 16.3. The number of hydrogen-bond acceptors (Lipinski definition) is 5. The molecule has 3 atom stereocenters. The van der Waals surface area contributed by atoms with Crippen molar-refractivity contribution >= 4 is 29.3 Å². The number of thioether (sulfide) groups is 1. The van der Waals surface area contributed by atoms with E-state index >= 15 is 0 Å². The Hall–Kier alpha value is -3.43. The van der Waals surface area contributed by atoms with Crippen LogP contribution in [0.4, 0.5) is 14.5 Å². The van der Waals surface area contributed by atoms with E-state index in [0.29, 0.717) is 17.0 Å². The Morgan fingerprint density at radius 3 is 2.15 bits per heavy atom. The van der Waals surface area contributed by atoms with Gasteiger partial charge in [0.2, 0.25) is 5.91 Å². The van der Waals surface area contributed by atoms with E-state index in [9.17, 15) is 23.5 Å². The van der Waals surface area contributed by atoms with E-state index in [2.05, 4.69) is 0 Å². The topological polar surface area (TPSA) is 87.1 Å². The molecule has 6 nitrogen and oxygen atoms in total. The van der Waals surface area contributed by atoms with Crippen molar-refractivity contribution < 1.29 is 33.3 Å². The van der Waals surface area contributed by atoms with Gasteiger partial charge in [0.05, 0.1) is 12.1 Å². The van der Waals surface area contributed by atoms with E-state index in [0.717, 1.165) is 5.56 Å². The number of carboxylic acids is 1. The van der Waals surface area contributed by atoms with Gasteiger partial charge in [0.15, 0.2) is 6.61 Å². The van der Waals surface area contributed by atoms with Crippen molar-refractivity contribution in [1.29, 1.82) is 0 Å². The van der Waals surface area contributed by atoms with Gasteiger partial charge in [0, 0.05) is 11.4 Å². The number of carbonyl (C=O) groups excluding carboxylic acids is 1. The third kappa shape index (κ3) is 5.21. The quantitative estimate of drug-likeness (QED) is 0.438. The van der Waals surface area contributed by atoms with Gasteiger partial charge in [-0.15, -0.1) is 11.8 Å². The van der Waals surface area contributed by atoms with Gasteiger partial charge in [-0.1, -0.05) is 24.3 Å². The summed E-state index contributed by atoms with van der Waals surface area (Å²) in [7, 11) is 0. The highest BCUT2D eigenvalue weighted by Crippen LogP contribution is 2.46. The summed E-state index contributed by atoms with van der Waals surface area (Å²) in [5.41, 5.74) is 1.87. The number of halogens is 2. The van der Waals surface area contributed by atoms with E-state index in [-0.39, 0.29) is 11.7 Å².